The molecule has 0 unspecified atom stereocenters. The first-order valence-corrected chi connectivity index (χ1v) is 7.59. The molecule has 0 spiro atoms. The molecule has 1 heterocycles. The Bertz CT molecular complexity index is 351. The smallest absolute Gasteiger partial charge is 0.0625 e. The second-order valence-electron chi connectivity index (χ2n) is 5.43. The summed E-state index contributed by atoms with van der Waals surface area (Å²) >= 11 is 0. The minimum Gasteiger partial charge on any atom is -0.311 e. The minimum atomic E-state index is 0.905. The van der Waals surface area contributed by atoms with Gasteiger partial charge in [0, 0.05) is 13.1 Å². The molecule has 102 valence electrons. The van der Waals surface area contributed by atoms with Crippen LogP contribution in [0, 0.1) is 5.92 Å². The Morgan fingerprint density at radius 1 is 1.28 bits per heavy atom. The van der Waals surface area contributed by atoms with Gasteiger partial charge in [-0.1, -0.05) is 26.2 Å². The Hall–Kier alpha value is -0.830. The fourth-order valence-corrected chi connectivity index (χ4v) is 2.90. The van der Waals surface area contributed by atoms with E-state index in [0.29, 0.717) is 0 Å². The zero-order valence-corrected chi connectivity index (χ0v) is 11.9. The van der Waals surface area contributed by atoms with Crippen LogP contribution in [-0.4, -0.2) is 16.3 Å². The molecular formula is C15H27N3. The lowest BCUT2D eigenvalue weighted by atomic mass is 9.89. The highest BCUT2D eigenvalue weighted by atomic mass is 15.3. The molecule has 1 aromatic rings. The van der Waals surface area contributed by atoms with Crippen LogP contribution in [0.2, 0.25) is 0 Å². The highest BCUT2D eigenvalue weighted by molar-refractivity contribution is 5.10. The first-order valence-electron chi connectivity index (χ1n) is 7.59. The molecule has 0 amide bonds. The normalized spacial score (nSPS) is 17.2. The number of aromatic nitrogens is 2. The van der Waals surface area contributed by atoms with Gasteiger partial charge in [0.1, 0.15) is 0 Å². The second-order valence-corrected chi connectivity index (χ2v) is 5.43. The molecule has 18 heavy (non-hydrogen) atoms. The highest BCUT2D eigenvalue weighted by Gasteiger charge is 2.13. The van der Waals surface area contributed by atoms with Gasteiger partial charge in [0.25, 0.3) is 0 Å². The van der Waals surface area contributed by atoms with Crippen molar-refractivity contribution in [2.45, 2.75) is 65.5 Å². The highest BCUT2D eigenvalue weighted by Crippen LogP contribution is 2.22. The summed E-state index contributed by atoms with van der Waals surface area (Å²) in [7, 11) is 0. The largest absolute Gasteiger partial charge is 0.311 e. The summed E-state index contributed by atoms with van der Waals surface area (Å²) in [5.74, 6) is 0.905. The van der Waals surface area contributed by atoms with Crippen LogP contribution in [0.3, 0.4) is 0 Å². The number of hydrogen-bond acceptors (Lipinski definition) is 2. The number of nitrogens with zero attached hydrogens (tertiary/aromatic N) is 2. The molecule has 1 aliphatic carbocycles. The fraction of sp³-hybridized carbons (Fsp3) is 0.800. The van der Waals surface area contributed by atoms with E-state index in [-0.39, 0.29) is 0 Å². The zero-order valence-electron chi connectivity index (χ0n) is 11.9. The van der Waals surface area contributed by atoms with Crippen molar-refractivity contribution in [3.05, 3.63) is 17.5 Å². The zero-order chi connectivity index (χ0) is 12.8. The third-order valence-electron chi connectivity index (χ3n) is 4.04. The molecule has 3 heteroatoms. The molecule has 0 aromatic carbocycles. The van der Waals surface area contributed by atoms with Crippen molar-refractivity contribution in [1.82, 2.24) is 15.1 Å². The average Bonchev–Trinajstić information content (AvgIpc) is 2.82. The Balaban J connectivity index is 1.79. The van der Waals surface area contributed by atoms with Crippen molar-refractivity contribution < 1.29 is 0 Å². The molecule has 0 aliphatic heterocycles. The third kappa shape index (κ3) is 3.58. The summed E-state index contributed by atoms with van der Waals surface area (Å²) < 4.78 is 2.13. The van der Waals surface area contributed by atoms with Gasteiger partial charge in [-0.05, 0) is 44.7 Å². The van der Waals surface area contributed by atoms with Gasteiger partial charge in [-0.3, -0.25) is 4.68 Å². The Labute approximate surface area is 111 Å². The Morgan fingerprint density at radius 2 is 2.06 bits per heavy atom. The molecule has 3 nitrogen and oxygen atoms in total. The van der Waals surface area contributed by atoms with Crippen LogP contribution in [0.1, 0.15) is 57.3 Å². The summed E-state index contributed by atoms with van der Waals surface area (Å²) in [6.07, 6.45) is 8.17. The van der Waals surface area contributed by atoms with Gasteiger partial charge in [-0.15, -0.1) is 0 Å². The van der Waals surface area contributed by atoms with E-state index >= 15 is 0 Å². The van der Waals surface area contributed by atoms with Crippen LogP contribution in [0.15, 0.2) is 6.07 Å². The van der Waals surface area contributed by atoms with E-state index in [1.54, 1.807) is 0 Å². The molecule has 1 saturated carbocycles. The second kappa shape index (κ2) is 6.93. The average molecular weight is 249 g/mol. The summed E-state index contributed by atoms with van der Waals surface area (Å²) in [5, 5.41) is 8.21. The molecule has 0 saturated heterocycles. The number of nitrogens with one attached hydrogen (secondary N) is 1. The first kappa shape index (κ1) is 13.6. The van der Waals surface area contributed by atoms with E-state index in [4.69, 9.17) is 0 Å². The van der Waals surface area contributed by atoms with Crippen molar-refractivity contribution in [3.8, 4) is 0 Å². The number of aryl methyl sites for hydroxylation is 2. The predicted octanol–water partition coefficient (Wildman–Crippen LogP) is 3.14. The van der Waals surface area contributed by atoms with E-state index in [1.165, 1.54) is 50.0 Å². The molecule has 2 rings (SSSR count). The minimum absolute atomic E-state index is 0.905. The molecule has 1 N–H and O–H groups in total. The van der Waals surface area contributed by atoms with Crippen molar-refractivity contribution >= 4 is 0 Å². The lowest BCUT2D eigenvalue weighted by Gasteiger charge is -2.21. The van der Waals surface area contributed by atoms with E-state index in [9.17, 15) is 0 Å². The maximum Gasteiger partial charge on any atom is 0.0625 e. The van der Waals surface area contributed by atoms with Gasteiger partial charge >= 0.3 is 0 Å². The number of hydrogen-bond donors (Lipinski definition) is 1. The summed E-state index contributed by atoms with van der Waals surface area (Å²) in [4.78, 5) is 0. The molecule has 0 bridgehead atoms. The summed E-state index contributed by atoms with van der Waals surface area (Å²) in [5.41, 5.74) is 2.55. The Kier molecular flexibility index (Phi) is 5.24. The molecule has 1 fully saturated rings. The van der Waals surface area contributed by atoms with Gasteiger partial charge in [0.2, 0.25) is 0 Å². The van der Waals surface area contributed by atoms with Crippen LogP contribution < -0.4 is 5.32 Å². The van der Waals surface area contributed by atoms with E-state index < -0.39 is 0 Å². The lowest BCUT2D eigenvalue weighted by molar-refractivity contribution is 0.340. The topological polar surface area (TPSA) is 29.9 Å². The molecule has 1 aliphatic rings. The van der Waals surface area contributed by atoms with Gasteiger partial charge in [-0.2, -0.15) is 5.10 Å². The van der Waals surface area contributed by atoms with Crippen LogP contribution in [0.25, 0.3) is 0 Å². The monoisotopic (exact) mass is 249 g/mol. The van der Waals surface area contributed by atoms with Crippen molar-refractivity contribution in [1.29, 1.82) is 0 Å². The van der Waals surface area contributed by atoms with Crippen LogP contribution in [0.4, 0.5) is 0 Å². The maximum absolute atomic E-state index is 4.59. The molecule has 1 aromatic heterocycles. The third-order valence-corrected chi connectivity index (χ3v) is 4.04. The van der Waals surface area contributed by atoms with Gasteiger partial charge in [0.05, 0.1) is 11.4 Å². The van der Waals surface area contributed by atoms with E-state index in [2.05, 4.69) is 35.0 Å². The quantitative estimate of drug-likeness (QED) is 0.839. The van der Waals surface area contributed by atoms with E-state index in [1.807, 2.05) is 0 Å². The van der Waals surface area contributed by atoms with Crippen molar-refractivity contribution in [2.75, 3.05) is 6.54 Å². The summed E-state index contributed by atoms with van der Waals surface area (Å²) in [6.45, 7) is 7.45. The first-order chi connectivity index (χ1) is 8.83. The van der Waals surface area contributed by atoms with Gasteiger partial charge in [-0.25, -0.2) is 0 Å². The molecule has 0 radical (unpaired) electrons. The SMILES string of the molecule is CCc1cc(CNCC2CCCCC2)n(CC)n1. The maximum atomic E-state index is 4.59. The fourth-order valence-electron chi connectivity index (χ4n) is 2.90. The van der Waals surface area contributed by atoms with Crippen LogP contribution in [-0.2, 0) is 19.5 Å². The van der Waals surface area contributed by atoms with Crippen LogP contribution in [0.5, 0.6) is 0 Å². The standard InChI is InChI=1S/C15H27N3/c1-3-14-10-15(18(4-2)17-14)12-16-11-13-8-6-5-7-9-13/h10,13,16H,3-9,11-12H2,1-2H3. The van der Waals surface area contributed by atoms with Crippen LogP contribution >= 0.6 is 0 Å². The van der Waals surface area contributed by atoms with Crippen molar-refractivity contribution in [2.24, 2.45) is 5.92 Å². The number of rotatable bonds is 6. The van der Waals surface area contributed by atoms with Crippen molar-refractivity contribution in [3.63, 3.8) is 0 Å². The van der Waals surface area contributed by atoms with Gasteiger partial charge in [0.15, 0.2) is 0 Å². The molecular weight excluding hydrogens is 222 g/mol. The lowest BCUT2D eigenvalue weighted by Crippen LogP contribution is -2.25. The Morgan fingerprint density at radius 3 is 2.72 bits per heavy atom. The summed E-state index contributed by atoms with van der Waals surface area (Å²) in [6, 6.07) is 2.25. The van der Waals surface area contributed by atoms with E-state index in [0.717, 1.165) is 25.4 Å². The van der Waals surface area contributed by atoms with Gasteiger partial charge < -0.3 is 5.32 Å². The predicted molar refractivity (Wildman–Crippen MR) is 75.6 cm³/mol. The molecule has 0 atom stereocenters.